The molecule has 6 aromatic rings. The summed E-state index contributed by atoms with van der Waals surface area (Å²) in [6.07, 6.45) is 0. The monoisotopic (exact) mass is 558 g/mol. The van der Waals surface area contributed by atoms with Crippen LogP contribution in [-0.4, -0.2) is 0 Å². The molecule has 0 atom stereocenters. The fourth-order valence-corrected chi connectivity index (χ4v) is 6.91. The lowest BCUT2D eigenvalue weighted by molar-refractivity contribution is 1.59. The van der Waals surface area contributed by atoms with E-state index in [1.807, 2.05) is 24.3 Å². The van der Waals surface area contributed by atoms with Crippen LogP contribution in [0.25, 0.3) is 44.5 Å². The average molecular weight is 559 g/mol. The molecule has 0 amide bonds. The molecule has 0 unspecified atom stereocenters. The number of hydrogen-bond donors (Lipinski definition) is 0. The van der Waals surface area contributed by atoms with E-state index in [1.165, 1.54) is 0 Å². The Bertz CT molecular complexity index is 1590. The molecule has 6 aromatic carbocycles. The molecule has 0 aromatic heterocycles. The molecular weight excluding hydrogens is 534 g/mol. The minimum absolute atomic E-state index is 0.301. The van der Waals surface area contributed by atoms with Crippen molar-refractivity contribution in [2.24, 2.45) is 0 Å². The number of halogens is 2. The first-order chi connectivity index (χ1) is 19.2. The molecule has 3 heteroatoms. The van der Waals surface area contributed by atoms with Gasteiger partial charge in [-0.25, -0.2) is 0 Å². The molecule has 188 valence electrons. The quantitative estimate of drug-likeness (QED) is 0.178. The van der Waals surface area contributed by atoms with Gasteiger partial charge in [0.15, 0.2) is 0 Å². The van der Waals surface area contributed by atoms with Crippen LogP contribution in [0.1, 0.15) is 0 Å². The normalized spacial score (nSPS) is 10.9. The second-order valence-electron chi connectivity index (χ2n) is 9.29. The third-order valence-corrected chi connectivity index (χ3v) is 9.32. The van der Waals surface area contributed by atoms with E-state index in [-0.39, 0.29) is 0 Å². The molecule has 6 rings (SSSR count). The third-order valence-electron chi connectivity index (χ3n) is 6.85. The van der Waals surface area contributed by atoms with Gasteiger partial charge in [-0.3, -0.25) is 0 Å². The van der Waals surface area contributed by atoms with Crippen molar-refractivity contribution >= 4 is 42.4 Å². The Labute approximate surface area is 241 Å². The molecule has 0 saturated carbocycles. The summed E-state index contributed by atoms with van der Waals surface area (Å²) >= 11 is 14.5. The van der Waals surface area contributed by atoms with E-state index in [0.717, 1.165) is 65.2 Å². The van der Waals surface area contributed by atoms with Crippen LogP contribution in [0, 0.1) is 0 Å². The maximum atomic E-state index is 7.25. The maximum Gasteiger partial charge on any atom is 0.0568 e. The van der Waals surface area contributed by atoms with E-state index in [0.29, 0.717) is 8.58 Å². The Morgan fingerprint density at radius 1 is 0.333 bits per heavy atom. The summed E-state index contributed by atoms with van der Waals surface area (Å²) in [6, 6.07) is 50.3. The summed E-state index contributed by atoms with van der Waals surface area (Å²) in [4.78, 5) is 0. The van der Waals surface area contributed by atoms with Crippen molar-refractivity contribution in [3.63, 3.8) is 0 Å². The van der Waals surface area contributed by atoms with Gasteiger partial charge in [-0.05, 0) is 44.0 Å². The predicted octanol–water partition coefficient (Wildman–Crippen LogP) is 10.3. The zero-order chi connectivity index (χ0) is 26.6. The van der Waals surface area contributed by atoms with Gasteiger partial charge in [0.2, 0.25) is 0 Å². The van der Waals surface area contributed by atoms with E-state index in [4.69, 9.17) is 23.2 Å². The highest BCUT2D eigenvalue weighted by Gasteiger charge is 2.19. The lowest BCUT2D eigenvalue weighted by Crippen LogP contribution is -2.09. The lowest BCUT2D eigenvalue weighted by Gasteiger charge is -2.19. The number of rotatable bonds is 6. The highest BCUT2D eigenvalue weighted by Crippen LogP contribution is 2.41. The zero-order valence-electron chi connectivity index (χ0n) is 21.1. The molecule has 0 heterocycles. The Morgan fingerprint density at radius 3 is 0.974 bits per heavy atom. The van der Waals surface area contributed by atoms with Gasteiger partial charge in [0, 0.05) is 11.1 Å². The van der Waals surface area contributed by atoms with Crippen molar-refractivity contribution in [2.75, 3.05) is 0 Å². The Morgan fingerprint density at radius 2 is 0.641 bits per heavy atom. The first kappa shape index (κ1) is 25.6. The van der Waals surface area contributed by atoms with E-state index < -0.39 is 0 Å². The average Bonchev–Trinajstić information content (AvgIpc) is 3.00. The molecule has 0 N–H and O–H groups in total. The van der Waals surface area contributed by atoms with Crippen LogP contribution in [0.3, 0.4) is 0 Å². The van der Waals surface area contributed by atoms with Crippen molar-refractivity contribution in [3.05, 3.63) is 156 Å². The molecule has 0 saturated heterocycles. The third kappa shape index (κ3) is 5.29. The van der Waals surface area contributed by atoms with Gasteiger partial charge in [0.05, 0.1) is 10.0 Å². The van der Waals surface area contributed by atoms with Crippen molar-refractivity contribution in [3.8, 4) is 44.5 Å². The molecular formula is C36H25Cl2P. The van der Waals surface area contributed by atoms with E-state index >= 15 is 0 Å². The second kappa shape index (κ2) is 11.6. The predicted molar refractivity (Wildman–Crippen MR) is 172 cm³/mol. The minimum atomic E-state index is 0.301. The van der Waals surface area contributed by atoms with Gasteiger partial charge >= 0.3 is 0 Å². The van der Waals surface area contributed by atoms with Crippen molar-refractivity contribution < 1.29 is 0 Å². The fraction of sp³-hybridized carbons (Fsp3) is 0. The minimum Gasteiger partial charge on any atom is -0.0829 e. The van der Waals surface area contributed by atoms with Crippen molar-refractivity contribution in [1.82, 2.24) is 0 Å². The van der Waals surface area contributed by atoms with Crippen molar-refractivity contribution in [1.29, 1.82) is 0 Å². The van der Waals surface area contributed by atoms with Gasteiger partial charge in [0.25, 0.3) is 0 Å². The summed E-state index contributed by atoms with van der Waals surface area (Å²) in [6.45, 7) is 0. The molecule has 0 bridgehead atoms. The van der Waals surface area contributed by atoms with Gasteiger partial charge in [-0.2, -0.15) is 0 Å². The van der Waals surface area contributed by atoms with E-state index in [2.05, 4.69) is 121 Å². The van der Waals surface area contributed by atoms with Crippen LogP contribution in [0.5, 0.6) is 0 Å². The molecule has 0 aliphatic heterocycles. The largest absolute Gasteiger partial charge is 0.0829 e. The van der Waals surface area contributed by atoms with Crippen LogP contribution in [0.15, 0.2) is 146 Å². The molecule has 0 aliphatic carbocycles. The van der Waals surface area contributed by atoms with Gasteiger partial charge in [-0.15, -0.1) is 0 Å². The van der Waals surface area contributed by atoms with Gasteiger partial charge < -0.3 is 0 Å². The highest BCUT2D eigenvalue weighted by molar-refractivity contribution is 7.56. The summed E-state index contributed by atoms with van der Waals surface area (Å²) < 4.78 is 0. The Balaban J connectivity index is 1.49. The van der Waals surface area contributed by atoms with E-state index in [9.17, 15) is 0 Å². The summed E-state index contributed by atoms with van der Waals surface area (Å²) in [7, 11) is 0.301. The van der Waals surface area contributed by atoms with Crippen LogP contribution in [-0.2, 0) is 0 Å². The summed E-state index contributed by atoms with van der Waals surface area (Å²) in [5.41, 5.74) is 8.83. The Hall–Kier alpha value is -3.67. The highest BCUT2D eigenvalue weighted by atomic mass is 35.5. The van der Waals surface area contributed by atoms with Crippen LogP contribution in [0.2, 0.25) is 10.0 Å². The van der Waals surface area contributed by atoms with Crippen LogP contribution >= 0.6 is 31.8 Å². The molecule has 0 nitrogen and oxygen atoms in total. The first-order valence-corrected chi connectivity index (χ1v) is 14.6. The van der Waals surface area contributed by atoms with E-state index in [1.54, 1.807) is 0 Å². The SMILES string of the molecule is Clc1c(Pc2ccc(-c3ccccc3)c(-c3ccccc3)c2Cl)ccc(-c2ccccc2)c1-c1ccccc1. The second-order valence-corrected chi connectivity index (χ2v) is 11.4. The Kier molecular flexibility index (Phi) is 7.62. The number of hydrogen-bond acceptors (Lipinski definition) is 0. The summed E-state index contributed by atoms with van der Waals surface area (Å²) in [5.74, 6) is 0. The molecule has 39 heavy (non-hydrogen) atoms. The number of benzene rings is 6. The maximum absolute atomic E-state index is 7.25. The lowest BCUT2D eigenvalue weighted by atomic mass is 9.94. The summed E-state index contributed by atoms with van der Waals surface area (Å²) in [5, 5.41) is 3.68. The van der Waals surface area contributed by atoms with Gasteiger partial charge in [0.1, 0.15) is 0 Å². The van der Waals surface area contributed by atoms with Crippen molar-refractivity contribution in [2.45, 2.75) is 0 Å². The fourth-order valence-electron chi connectivity index (χ4n) is 4.98. The molecule has 0 radical (unpaired) electrons. The molecule has 0 aliphatic rings. The first-order valence-electron chi connectivity index (χ1n) is 12.8. The smallest absolute Gasteiger partial charge is 0.0568 e. The van der Waals surface area contributed by atoms with Crippen LogP contribution < -0.4 is 10.6 Å². The molecule has 0 spiro atoms. The standard InChI is InChI=1S/C36H25Cl2P/c37-35-31(23-21-29(25-13-5-1-6-14-25)33(35)27-17-9-3-10-18-27)39-32-24-22-30(26-15-7-2-8-16-26)34(36(32)38)28-19-11-4-12-20-28/h1-24,39H. The topological polar surface area (TPSA) is 0 Å². The van der Waals surface area contributed by atoms with Gasteiger partial charge in [-0.1, -0.05) is 177 Å². The van der Waals surface area contributed by atoms with Crippen LogP contribution in [0.4, 0.5) is 0 Å². The molecule has 0 fully saturated rings. The zero-order valence-corrected chi connectivity index (χ0v) is 23.6.